The predicted octanol–water partition coefficient (Wildman–Crippen LogP) is 7.83. The molecule has 1 amide bonds. The average Bonchev–Trinajstić information content (AvgIpc) is 2.74. The van der Waals surface area contributed by atoms with E-state index in [4.69, 9.17) is 4.74 Å². The number of carboxylic acids is 1. The summed E-state index contributed by atoms with van der Waals surface area (Å²) in [5, 5.41) is 12.6. The van der Waals surface area contributed by atoms with E-state index >= 15 is 0 Å². The highest BCUT2D eigenvalue weighted by Gasteiger charge is 2.65. The van der Waals surface area contributed by atoms with Crippen molar-refractivity contribution in [1.82, 2.24) is 5.32 Å². The fourth-order valence-electron chi connectivity index (χ4n) is 3.65. The molecule has 2 N–H and O–H groups in total. The molecule has 0 unspecified atom stereocenters. The maximum absolute atomic E-state index is 13.8. The third-order valence-corrected chi connectivity index (χ3v) is 6.51. The minimum Gasteiger partial charge on any atom is -0.487 e. The van der Waals surface area contributed by atoms with E-state index in [-0.39, 0.29) is 40.8 Å². The van der Waals surface area contributed by atoms with Gasteiger partial charge in [0.25, 0.3) is 5.91 Å². The topological polar surface area (TPSA) is 75.6 Å². The quantitative estimate of drug-likeness (QED) is 0.281. The summed E-state index contributed by atoms with van der Waals surface area (Å²) in [5.41, 5.74) is -0.437. The van der Waals surface area contributed by atoms with Crippen LogP contribution in [-0.4, -0.2) is 23.0 Å². The third kappa shape index (κ3) is 7.31. The summed E-state index contributed by atoms with van der Waals surface area (Å²) >= 11 is 0. The normalized spacial score (nSPS) is 14.9. The Morgan fingerprint density at radius 2 is 1.59 bits per heavy atom. The molecule has 0 heterocycles. The van der Waals surface area contributed by atoms with Crippen molar-refractivity contribution in [3.8, 4) is 5.75 Å². The van der Waals surface area contributed by atoms with Crippen molar-refractivity contribution < 1.29 is 43.3 Å². The smallest absolute Gasteiger partial charge is 0.326 e. The first-order valence-corrected chi connectivity index (χ1v) is 12.9. The van der Waals surface area contributed by atoms with E-state index in [1.54, 1.807) is 20.8 Å². The zero-order valence-electron chi connectivity index (χ0n) is 20.0. The molecule has 12 heteroatoms. The lowest BCUT2D eigenvalue weighted by molar-refractivity contribution is -0.140. The molecule has 202 valence electrons. The summed E-state index contributed by atoms with van der Waals surface area (Å²) in [6, 6.07) is 7.26. The molecule has 1 atom stereocenters. The van der Waals surface area contributed by atoms with Gasteiger partial charge < -0.3 is 15.2 Å². The van der Waals surface area contributed by atoms with Crippen LogP contribution in [0.15, 0.2) is 59.5 Å². The Labute approximate surface area is 209 Å². The SMILES string of the molecule is CC(C)(C)C[C@H](NC(=O)c1ccc2cc(F)ccc2c1OCc1ccc(S(F)(F)(F)(F)F)cc1)C(=O)O. The number of carboxylic acid groups (broad SMARTS) is 1. The van der Waals surface area contributed by atoms with Gasteiger partial charge in [0.2, 0.25) is 0 Å². The number of halogens is 6. The van der Waals surface area contributed by atoms with Crippen LogP contribution in [0.1, 0.15) is 43.1 Å². The number of rotatable bonds is 8. The molecule has 37 heavy (non-hydrogen) atoms. The standard InChI is InChI=1S/C25H25F6NO4S/c1-25(2,3)13-21(24(34)35)32-23(33)20-10-6-16-12-17(26)7-11-19(16)22(20)36-14-15-4-8-18(9-5-15)37(27,28,29,30)31/h4-12,21H,13-14H2,1-3H3,(H,32,33)(H,34,35)/t21-/m0/s1. The van der Waals surface area contributed by atoms with E-state index in [0.717, 1.165) is 18.2 Å². The zero-order chi connectivity index (χ0) is 27.9. The van der Waals surface area contributed by atoms with Crippen LogP contribution in [0.25, 0.3) is 10.8 Å². The number of hydrogen-bond donors (Lipinski definition) is 2. The van der Waals surface area contributed by atoms with E-state index in [2.05, 4.69) is 5.32 Å². The number of amides is 1. The Hall–Kier alpha value is -3.41. The van der Waals surface area contributed by atoms with Gasteiger partial charge in [0.15, 0.2) is 0 Å². The molecule has 0 spiro atoms. The maximum atomic E-state index is 13.8. The van der Waals surface area contributed by atoms with Gasteiger partial charge in [-0.05, 0) is 59.2 Å². The van der Waals surface area contributed by atoms with Crippen LogP contribution in [0.4, 0.5) is 23.8 Å². The van der Waals surface area contributed by atoms with Gasteiger partial charge in [-0.25, -0.2) is 9.18 Å². The molecule has 0 fully saturated rings. The first kappa shape index (κ1) is 28.2. The van der Waals surface area contributed by atoms with Crippen molar-refractivity contribution in [2.45, 2.75) is 44.7 Å². The van der Waals surface area contributed by atoms with E-state index < -0.39 is 50.9 Å². The Kier molecular flexibility index (Phi) is 6.74. The lowest BCUT2D eigenvalue weighted by atomic mass is 9.88. The van der Waals surface area contributed by atoms with Crippen molar-refractivity contribution in [3.05, 3.63) is 71.5 Å². The Morgan fingerprint density at radius 1 is 0.973 bits per heavy atom. The van der Waals surface area contributed by atoms with Crippen LogP contribution in [-0.2, 0) is 11.4 Å². The molecular formula is C25H25F6NO4S. The van der Waals surface area contributed by atoms with Crippen molar-refractivity contribution in [3.63, 3.8) is 0 Å². The molecule has 3 aromatic rings. The van der Waals surface area contributed by atoms with Gasteiger partial charge >= 0.3 is 16.2 Å². The molecular weight excluding hydrogens is 524 g/mol. The van der Waals surface area contributed by atoms with Crippen molar-refractivity contribution in [1.29, 1.82) is 0 Å². The summed E-state index contributed by atoms with van der Waals surface area (Å²) in [5.74, 6) is -2.70. The summed E-state index contributed by atoms with van der Waals surface area (Å²) in [6.07, 6.45) is 0.113. The zero-order valence-corrected chi connectivity index (χ0v) is 20.9. The first-order chi connectivity index (χ1) is 16.7. The molecule has 0 aromatic heterocycles. The number of aliphatic carboxylic acids is 1. The van der Waals surface area contributed by atoms with E-state index in [0.29, 0.717) is 5.39 Å². The van der Waals surface area contributed by atoms with Gasteiger partial charge in [-0.15, -0.1) is 0 Å². The van der Waals surface area contributed by atoms with Crippen molar-refractivity contribution >= 4 is 32.9 Å². The van der Waals surface area contributed by atoms with Gasteiger partial charge in [-0.3, -0.25) is 4.79 Å². The Morgan fingerprint density at radius 3 is 2.14 bits per heavy atom. The minimum atomic E-state index is -9.84. The number of carbonyl (C=O) groups excluding carboxylic acids is 1. The average molecular weight is 550 g/mol. The summed E-state index contributed by atoms with van der Waals surface area (Å²) in [7, 11) is -9.84. The van der Waals surface area contributed by atoms with Gasteiger partial charge in [-0.2, -0.15) is 0 Å². The second-order valence-electron chi connectivity index (χ2n) is 9.84. The fraction of sp³-hybridized carbons (Fsp3) is 0.280. The van der Waals surface area contributed by atoms with Gasteiger partial charge in [0.05, 0.1) is 5.56 Å². The highest BCUT2D eigenvalue weighted by molar-refractivity contribution is 8.45. The maximum Gasteiger partial charge on any atom is 0.326 e. The number of ether oxygens (including phenoxy) is 1. The molecule has 0 saturated heterocycles. The Bertz CT molecular complexity index is 1350. The van der Waals surface area contributed by atoms with Crippen molar-refractivity contribution in [2.75, 3.05) is 0 Å². The molecule has 0 radical (unpaired) electrons. The van der Waals surface area contributed by atoms with Crippen LogP contribution < -0.4 is 10.1 Å². The Balaban J connectivity index is 1.96. The molecule has 0 aliphatic rings. The second kappa shape index (κ2) is 8.86. The molecule has 0 aliphatic heterocycles. The monoisotopic (exact) mass is 549 g/mol. The summed E-state index contributed by atoms with van der Waals surface area (Å²) in [4.78, 5) is 22.7. The van der Waals surface area contributed by atoms with E-state index in [1.807, 2.05) is 0 Å². The lowest BCUT2D eigenvalue weighted by Gasteiger charge is -2.40. The van der Waals surface area contributed by atoms with Crippen LogP contribution in [0, 0.1) is 11.2 Å². The van der Waals surface area contributed by atoms with Gasteiger partial charge in [-0.1, -0.05) is 58.4 Å². The number of carbonyl (C=O) groups is 2. The molecule has 3 aromatic carbocycles. The van der Waals surface area contributed by atoms with Crippen LogP contribution in [0.3, 0.4) is 0 Å². The first-order valence-electron chi connectivity index (χ1n) is 11.0. The summed E-state index contributed by atoms with van der Waals surface area (Å²) in [6.45, 7) is 4.99. The van der Waals surface area contributed by atoms with Gasteiger partial charge in [0, 0.05) is 5.39 Å². The van der Waals surface area contributed by atoms with Crippen LogP contribution in [0.2, 0.25) is 0 Å². The number of hydrogen-bond acceptors (Lipinski definition) is 3. The molecule has 5 nitrogen and oxygen atoms in total. The van der Waals surface area contributed by atoms with Crippen LogP contribution >= 0.6 is 10.2 Å². The van der Waals surface area contributed by atoms with Gasteiger partial charge in [0.1, 0.15) is 29.1 Å². The number of fused-ring (bicyclic) bond motifs is 1. The number of benzene rings is 3. The minimum absolute atomic E-state index is 0.0771. The summed E-state index contributed by atoms with van der Waals surface area (Å²) < 4.78 is 84.5. The third-order valence-electron chi connectivity index (χ3n) is 5.35. The van der Waals surface area contributed by atoms with Crippen LogP contribution in [0.5, 0.6) is 5.75 Å². The molecule has 3 rings (SSSR count). The van der Waals surface area contributed by atoms with Crippen molar-refractivity contribution in [2.24, 2.45) is 5.41 Å². The molecule has 0 aliphatic carbocycles. The fourth-order valence-corrected chi connectivity index (χ4v) is 4.30. The lowest BCUT2D eigenvalue weighted by Crippen LogP contribution is -2.43. The molecule has 0 saturated carbocycles. The largest absolute Gasteiger partial charge is 0.487 e. The predicted molar refractivity (Wildman–Crippen MR) is 129 cm³/mol. The van der Waals surface area contributed by atoms with E-state index in [1.165, 1.54) is 24.3 Å². The second-order valence-corrected chi connectivity index (χ2v) is 12.2. The highest BCUT2D eigenvalue weighted by atomic mass is 32.5. The highest BCUT2D eigenvalue weighted by Crippen LogP contribution is 3.02. The van der Waals surface area contributed by atoms with E-state index in [9.17, 15) is 38.5 Å². The molecule has 0 bridgehead atoms. The number of nitrogens with one attached hydrogen (secondary N) is 1.